The number of para-hydroxylation sites is 2. The summed E-state index contributed by atoms with van der Waals surface area (Å²) >= 11 is 3.60. The molecule has 8 heteroatoms. The molecule has 1 amide bonds. The number of rotatable bonds is 13. The van der Waals surface area contributed by atoms with E-state index in [1.165, 1.54) is 6.92 Å². The van der Waals surface area contributed by atoms with Crippen molar-refractivity contribution in [2.75, 3.05) is 6.54 Å². The molecule has 5 rings (SSSR count). The summed E-state index contributed by atoms with van der Waals surface area (Å²) in [6, 6.07) is 40.1. The SMILES string of the molecule is CC(=O)ON(Cc1ccc(Oc2ccccc2)cc1)Cc1ccc(C(=O)NCCc2ccc(Oc3ccccc3)cc2)cc1Br. The number of ether oxygens (including phenoxy) is 2. The highest BCUT2D eigenvalue weighted by molar-refractivity contribution is 9.10. The van der Waals surface area contributed by atoms with Crippen LogP contribution in [0.15, 0.2) is 132 Å². The summed E-state index contributed by atoms with van der Waals surface area (Å²) in [4.78, 5) is 30.2. The topological polar surface area (TPSA) is 77.1 Å². The van der Waals surface area contributed by atoms with Crippen LogP contribution < -0.4 is 14.8 Å². The van der Waals surface area contributed by atoms with E-state index in [9.17, 15) is 9.59 Å². The van der Waals surface area contributed by atoms with E-state index in [4.69, 9.17) is 14.3 Å². The molecule has 228 valence electrons. The number of amides is 1. The molecule has 0 spiro atoms. The van der Waals surface area contributed by atoms with Crippen molar-refractivity contribution in [1.29, 1.82) is 0 Å². The molecule has 1 N–H and O–H groups in total. The number of carbonyl (C=O) groups excluding carboxylic acids is 2. The van der Waals surface area contributed by atoms with Gasteiger partial charge in [-0.15, -0.1) is 5.06 Å². The third kappa shape index (κ3) is 9.79. The summed E-state index contributed by atoms with van der Waals surface area (Å²) in [5.74, 6) is 2.44. The summed E-state index contributed by atoms with van der Waals surface area (Å²) in [5.41, 5.74) is 3.44. The van der Waals surface area contributed by atoms with E-state index < -0.39 is 5.97 Å². The third-order valence-electron chi connectivity index (χ3n) is 6.78. The average Bonchev–Trinajstić information content (AvgIpc) is 3.04. The Hall–Kier alpha value is -4.92. The van der Waals surface area contributed by atoms with E-state index in [0.29, 0.717) is 37.4 Å². The number of hydrogen-bond acceptors (Lipinski definition) is 6. The molecule has 5 aromatic rings. The maximum absolute atomic E-state index is 12.9. The zero-order valence-electron chi connectivity index (χ0n) is 24.8. The van der Waals surface area contributed by atoms with E-state index in [0.717, 1.165) is 38.4 Å². The minimum absolute atomic E-state index is 0.166. The molecular formula is C37H33BrN2O5. The summed E-state index contributed by atoms with van der Waals surface area (Å²) in [5, 5.41) is 4.58. The van der Waals surface area contributed by atoms with Crippen LogP contribution in [0.4, 0.5) is 0 Å². The smallest absolute Gasteiger partial charge is 0.322 e. The first-order valence-electron chi connectivity index (χ1n) is 14.5. The first-order valence-corrected chi connectivity index (χ1v) is 15.3. The van der Waals surface area contributed by atoms with Crippen molar-refractivity contribution >= 4 is 27.8 Å². The Morgan fingerprint density at radius 3 is 1.73 bits per heavy atom. The number of nitrogens with one attached hydrogen (secondary N) is 1. The molecule has 5 aromatic carbocycles. The van der Waals surface area contributed by atoms with Crippen LogP contribution in [0, 0.1) is 0 Å². The van der Waals surface area contributed by atoms with Crippen LogP contribution in [-0.4, -0.2) is 23.5 Å². The predicted octanol–water partition coefficient (Wildman–Crippen LogP) is 8.49. The molecule has 0 aliphatic heterocycles. The molecule has 45 heavy (non-hydrogen) atoms. The van der Waals surface area contributed by atoms with Crippen LogP contribution in [-0.2, 0) is 29.1 Å². The van der Waals surface area contributed by atoms with Gasteiger partial charge in [0, 0.05) is 23.5 Å². The summed E-state index contributed by atoms with van der Waals surface area (Å²) < 4.78 is 12.5. The van der Waals surface area contributed by atoms with Gasteiger partial charge in [0.05, 0.1) is 13.1 Å². The highest BCUT2D eigenvalue weighted by Gasteiger charge is 2.15. The second-order valence-corrected chi connectivity index (χ2v) is 11.2. The third-order valence-corrected chi connectivity index (χ3v) is 7.52. The Bertz CT molecular complexity index is 1700. The van der Waals surface area contributed by atoms with Gasteiger partial charge in [-0.25, -0.2) is 0 Å². The molecule has 0 atom stereocenters. The molecule has 0 saturated heterocycles. The van der Waals surface area contributed by atoms with Crippen molar-refractivity contribution in [3.8, 4) is 23.0 Å². The Labute approximate surface area is 271 Å². The van der Waals surface area contributed by atoms with Gasteiger partial charge in [-0.05, 0) is 83.8 Å². The van der Waals surface area contributed by atoms with Crippen molar-refractivity contribution < 1.29 is 23.9 Å². The zero-order valence-corrected chi connectivity index (χ0v) is 26.4. The molecule has 7 nitrogen and oxygen atoms in total. The number of carbonyl (C=O) groups is 2. The van der Waals surface area contributed by atoms with Gasteiger partial charge < -0.3 is 19.6 Å². The molecule has 0 heterocycles. The minimum atomic E-state index is -0.412. The Kier molecular flexibility index (Phi) is 11.0. The molecule has 0 aliphatic rings. The van der Waals surface area contributed by atoms with E-state index in [2.05, 4.69) is 21.2 Å². The summed E-state index contributed by atoms with van der Waals surface area (Å²) in [6.45, 7) is 2.57. The van der Waals surface area contributed by atoms with Crippen molar-refractivity contribution in [2.45, 2.75) is 26.4 Å². The van der Waals surface area contributed by atoms with Crippen LogP contribution in [0.25, 0.3) is 0 Å². The monoisotopic (exact) mass is 664 g/mol. The van der Waals surface area contributed by atoms with Crippen LogP contribution in [0.2, 0.25) is 0 Å². The number of hydrogen-bond donors (Lipinski definition) is 1. The minimum Gasteiger partial charge on any atom is -0.457 e. The molecule has 0 bridgehead atoms. The number of benzene rings is 5. The lowest BCUT2D eigenvalue weighted by Gasteiger charge is -2.21. The fraction of sp³-hybridized carbons (Fsp3) is 0.135. The quantitative estimate of drug-likeness (QED) is 0.127. The van der Waals surface area contributed by atoms with E-state index in [-0.39, 0.29) is 5.91 Å². The van der Waals surface area contributed by atoms with Gasteiger partial charge in [0.2, 0.25) is 0 Å². The van der Waals surface area contributed by atoms with Crippen LogP contribution in [0.1, 0.15) is 34.0 Å². The maximum atomic E-state index is 12.9. The highest BCUT2D eigenvalue weighted by Crippen LogP contribution is 2.25. The lowest BCUT2D eigenvalue weighted by Crippen LogP contribution is -2.27. The normalized spacial score (nSPS) is 10.7. The van der Waals surface area contributed by atoms with Gasteiger partial charge >= 0.3 is 5.97 Å². The molecular weight excluding hydrogens is 632 g/mol. The van der Waals surface area contributed by atoms with Gasteiger partial charge in [0.25, 0.3) is 5.91 Å². The van der Waals surface area contributed by atoms with Gasteiger partial charge in [0.1, 0.15) is 23.0 Å². The number of nitrogens with zero attached hydrogens (tertiary/aromatic N) is 1. The van der Waals surface area contributed by atoms with Gasteiger partial charge in [-0.2, -0.15) is 0 Å². The van der Waals surface area contributed by atoms with Gasteiger partial charge in [0.15, 0.2) is 0 Å². The molecule has 0 fully saturated rings. The highest BCUT2D eigenvalue weighted by atomic mass is 79.9. The molecule has 0 saturated carbocycles. The zero-order chi connectivity index (χ0) is 31.4. The fourth-order valence-electron chi connectivity index (χ4n) is 4.57. The average molecular weight is 666 g/mol. The number of hydroxylamine groups is 2. The summed E-state index contributed by atoms with van der Waals surface area (Å²) in [6.07, 6.45) is 0.688. The van der Waals surface area contributed by atoms with Crippen molar-refractivity contribution in [1.82, 2.24) is 10.4 Å². The Morgan fingerprint density at radius 2 is 1.20 bits per heavy atom. The van der Waals surface area contributed by atoms with E-state index in [1.54, 1.807) is 17.2 Å². The van der Waals surface area contributed by atoms with Crippen molar-refractivity contribution in [2.24, 2.45) is 0 Å². The predicted molar refractivity (Wildman–Crippen MR) is 177 cm³/mol. The second-order valence-electron chi connectivity index (χ2n) is 10.3. The number of halogens is 1. The summed E-state index contributed by atoms with van der Waals surface area (Å²) in [7, 11) is 0. The van der Waals surface area contributed by atoms with E-state index >= 15 is 0 Å². The lowest BCUT2D eigenvalue weighted by molar-refractivity contribution is -0.194. The largest absolute Gasteiger partial charge is 0.457 e. The van der Waals surface area contributed by atoms with Gasteiger partial charge in [-0.1, -0.05) is 82.7 Å². The maximum Gasteiger partial charge on any atom is 0.322 e. The fourth-order valence-corrected chi connectivity index (χ4v) is 5.08. The Morgan fingerprint density at radius 1 is 0.667 bits per heavy atom. The van der Waals surface area contributed by atoms with Gasteiger partial charge in [-0.3, -0.25) is 9.59 Å². The lowest BCUT2D eigenvalue weighted by atomic mass is 10.1. The van der Waals surface area contributed by atoms with Crippen LogP contribution in [0.3, 0.4) is 0 Å². The van der Waals surface area contributed by atoms with Crippen LogP contribution >= 0.6 is 15.9 Å². The standard InChI is InChI=1S/C37H33BrN2O5/c1-27(41)45-40(25-29-14-20-35(21-15-29)44-33-10-6-3-7-11-33)26-31-17-16-30(24-36(31)38)37(42)39-23-22-28-12-18-34(19-13-28)43-32-8-4-2-5-9-32/h2-21,24H,22-23,25-26H2,1H3,(H,39,42). The first kappa shape index (κ1) is 31.5. The Balaban J connectivity index is 1.13. The molecule has 0 radical (unpaired) electrons. The van der Waals surface area contributed by atoms with E-state index in [1.807, 2.05) is 115 Å². The molecule has 0 aromatic heterocycles. The molecule has 0 aliphatic carbocycles. The second kappa shape index (κ2) is 15.7. The van der Waals surface area contributed by atoms with Crippen molar-refractivity contribution in [3.05, 3.63) is 154 Å². The van der Waals surface area contributed by atoms with Crippen LogP contribution in [0.5, 0.6) is 23.0 Å². The first-order chi connectivity index (χ1) is 21.9. The van der Waals surface area contributed by atoms with Crippen molar-refractivity contribution in [3.63, 3.8) is 0 Å². The molecule has 0 unspecified atom stereocenters.